The van der Waals surface area contributed by atoms with Gasteiger partial charge in [0, 0.05) is 6.61 Å². The molecule has 17 heavy (non-hydrogen) atoms. The normalized spacial score (nSPS) is 14.3. The number of carbonyl (C=O) groups is 1. The third kappa shape index (κ3) is 4.58. The van der Waals surface area contributed by atoms with E-state index in [-0.39, 0.29) is 19.1 Å². The largest absolute Gasteiger partial charge is 0.466 e. The molecule has 1 heterocycles. The zero-order valence-corrected chi connectivity index (χ0v) is 10.2. The van der Waals surface area contributed by atoms with Crippen LogP contribution in [-0.2, 0) is 15.1 Å². The third-order valence-electron chi connectivity index (χ3n) is 2.26. The highest BCUT2D eigenvalue weighted by atomic mass is 16.5. The van der Waals surface area contributed by atoms with Crippen LogP contribution in [-0.4, -0.2) is 30.8 Å². The maximum atomic E-state index is 11.4. The van der Waals surface area contributed by atoms with Gasteiger partial charge >= 0.3 is 0 Å². The SMILES string of the molecule is CCCOCC(=O)NCC(C)(O)c1ccco1. The lowest BCUT2D eigenvalue weighted by atomic mass is 10.0. The average Bonchev–Trinajstić information content (AvgIpc) is 2.81. The lowest BCUT2D eigenvalue weighted by molar-refractivity contribution is -0.127. The summed E-state index contributed by atoms with van der Waals surface area (Å²) in [5.41, 5.74) is -1.20. The second-order valence-corrected chi connectivity index (χ2v) is 4.08. The molecular weight excluding hydrogens is 222 g/mol. The Morgan fingerprint density at radius 3 is 3.00 bits per heavy atom. The molecule has 0 aliphatic heterocycles. The minimum Gasteiger partial charge on any atom is -0.466 e. The van der Waals surface area contributed by atoms with Gasteiger partial charge in [0.05, 0.1) is 12.8 Å². The fourth-order valence-electron chi connectivity index (χ4n) is 1.30. The molecule has 0 radical (unpaired) electrons. The lowest BCUT2D eigenvalue weighted by Crippen LogP contribution is -2.39. The lowest BCUT2D eigenvalue weighted by Gasteiger charge is -2.21. The summed E-state index contributed by atoms with van der Waals surface area (Å²) in [7, 11) is 0. The van der Waals surface area contributed by atoms with E-state index in [0.29, 0.717) is 12.4 Å². The number of carbonyl (C=O) groups excluding carboxylic acids is 1. The van der Waals surface area contributed by atoms with Crippen LogP contribution >= 0.6 is 0 Å². The third-order valence-corrected chi connectivity index (χ3v) is 2.26. The Hall–Kier alpha value is -1.33. The summed E-state index contributed by atoms with van der Waals surface area (Å²) < 4.78 is 10.2. The van der Waals surface area contributed by atoms with E-state index in [0.717, 1.165) is 6.42 Å². The molecule has 0 saturated carbocycles. The molecule has 2 N–H and O–H groups in total. The van der Waals surface area contributed by atoms with Gasteiger partial charge in [0.2, 0.25) is 5.91 Å². The van der Waals surface area contributed by atoms with Gasteiger partial charge in [0.1, 0.15) is 18.0 Å². The first-order chi connectivity index (χ1) is 8.06. The first-order valence-corrected chi connectivity index (χ1v) is 5.67. The van der Waals surface area contributed by atoms with Crippen LogP contribution < -0.4 is 5.32 Å². The van der Waals surface area contributed by atoms with E-state index < -0.39 is 5.60 Å². The average molecular weight is 241 g/mol. The van der Waals surface area contributed by atoms with Crippen LogP contribution in [0.25, 0.3) is 0 Å². The highest BCUT2D eigenvalue weighted by molar-refractivity contribution is 5.77. The number of furan rings is 1. The number of amides is 1. The Morgan fingerprint density at radius 2 is 2.41 bits per heavy atom. The van der Waals surface area contributed by atoms with Gasteiger partial charge < -0.3 is 19.6 Å². The number of ether oxygens (including phenoxy) is 1. The predicted molar refractivity (Wildman–Crippen MR) is 62.4 cm³/mol. The van der Waals surface area contributed by atoms with E-state index in [1.54, 1.807) is 19.1 Å². The van der Waals surface area contributed by atoms with Gasteiger partial charge in [-0.05, 0) is 25.5 Å². The van der Waals surface area contributed by atoms with E-state index in [4.69, 9.17) is 9.15 Å². The van der Waals surface area contributed by atoms with Crippen molar-refractivity contribution in [3.05, 3.63) is 24.2 Å². The summed E-state index contributed by atoms with van der Waals surface area (Å²) in [6.45, 7) is 4.22. The molecule has 0 aromatic carbocycles. The van der Waals surface area contributed by atoms with Crippen molar-refractivity contribution in [2.24, 2.45) is 0 Å². The Labute approximate surface area is 101 Å². The second kappa shape index (κ2) is 6.42. The predicted octanol–water partition coefficient (Wildman–Crippen LogP) is 1.03. The van der Waals surface area contributed by atoms with Crippen LogP contribution in [0, 0.1) is 0 Å². The minimum atomic E-state index is -1.20. The van der Waals surface area contributed by atoms with Crippen LogP contribution in [0.5, 0.6) is 0 Å². The van der Waals surface area contributed by atoms with E-state index in [2.05, 4.69) is 5.32 Å². The van der Waals surface area contributed by atoms with Crippen molar-refractivity contribution < 1.29 is 19.1 Å². The molecule has 0 bridgehead atoms. The number of nitrogens with one attached hydrogen (secondary N) is 1. The first kappa shape index (κ1) is 13.7. The number of hydrogen-bond donors (Lipinski definition) is 2. The molecule has 0 aliphatic carbocycles. The zero-order chi connectivity index (χ0) is 12.7. The smallest absolute Gasteiger partial charge is 0.246 e. The van der Waals surface area contributed by atoms with Gasteiger partial charge in [-0.3, -0.25) is 4.79 Å². The molecule has 1 aromatic rings. The fourth-order valence-corrected chi connectivity index (χ4v) is 1.30. The molecule has 0 fully saturated rings. The summed E-state index contributed by atoms with van der Waals surface area (Å²) in [5, 5.41) is 12.6. The number of aliphatic hydroxyl groups is 1. The van der Waals surface area contributed by atoms with Crippen LogP contribution in [0.15, 0.2) is 22.8 Å². The van der Waals surface area contributed by atoms with Gasteiger partial charge in [-0.2, -0.15) is 0 Å². The highest BCUT2D eigenvalue weighted by Gasteiger charge is 2.26. The maximum absolute atomic E-state index is 11.4. The van der Waals surface area contributed by atoms with Crippen LogP contribution in [0.4, 0.5) is 0 Å². The summed E-state index contributed by atoms with van der Waals surface area (Å²) in [6.07, 6.45) is 2.35. The minimum absolute atomic E-state index is 0.0159. The monoisotopic (exact) mass is 241 g/mol. The maximum Gasteiger partial charge on any atom is 0.246 e. The molecule has 1 unspecified atom stereocenters. The molecule has 1 atom stereocenters. The Kier molecular flexibility index (Phi) is 5.18. The van der Waals surface area contributed by atoms with Crippen molar-refractivity contribution in [2.45, 2.75) is 25.9 Å². The quantitative estimate of drug-likeness (QED) is 0.699. The number of rotatable bonds is 7. The van der Waals surface area contributed by atoms with Gasteiger partial charge in [0.25, 0.3) is 0 Å². The Bertz CT molecular complexity index is 332. The van der Waals surface area contributed by atoms with Gasteiger partial charge in [-0.25, -0.2) is 0 Å². The summed E-state index contributed by atoms with van der Waals surface area (Å²) >= 11 is 0. The molecule has 1 aromatic heterocycles. The number of hydrogen-bond acceptors (Lipinski definition) is 4. The van der Waals surface area contributed by atoms with Gasteiger partial charge in [-0.1, -0.05) is 6.92 Å². The van der Waals surface area contributed by atoms with Crippen molar-refractivity contribution in [1.29, 1.82) is 0 Å². The molecule has 96 valence electrons. The molecule has 1 amide bonds. The van der Waals surface area contributed by atoms with E-state index in [9.17, 15) is 9.90 Å². The summed E-state index contributed by atoms with van der Waals surface area (Å²) in [6, 6.07) is 3.36. The van der Waals surface area contributed by atoms with Crippen LogP contribution in [0.1, 0.15) is 26.0 Å². The highest BCUT2D eigenvalue weighted by Crippen LogP contribution is 2.19. The van der Waals surface area contributed by atoms with Crippen LogP contribution in [0.2, 0.25) is 0 Å². The molecule has 0 spiro atoms. The topological polar surface area (TPSA) is 71.7 Å². The van der Waals surface area contributed by atoms with Crippen molar-refractivity contribution in [3.63, 3.8) is 0 Å². The van der Waals surface area contributed by atoms with E-state index >= 15 is 0 Å². The van der Waals surface area contributed by atoms with Crippen molar-refractivity contribution >= 4 is 5.91 Å². The van der Waals surface area contributed by atoms with Crippen molar-refractivity contribution in [1.82, 2.24) is 5.32 Å². The van der Waals surface area contributed by atoms with Crippen LogP contribution in [0.3, 0.4) is 0 Å². The summed E-state index contributed by atoms with van der Waals surface area (Å²) in [4.78, 5) is 11.4. The standard InChI is InChI=1S/C12H19NO4/c1-3-6-16-8-11(14)13-9-12(2,15)10-5-4-7-17-10/h4-5,7,15H,3,6,8-9H2,1-2H3,(H,13,14). The summed E-state index contributed by atoms with van der Waals surface area (Å²) in [5.74, 6) is 0.178. The van der Waals surface area contributed by atoms with E-state index in [1.165, 1.54) is 6.26 Å². The molecule has 0 aliphatic rings. The van der Waals surface area contributed by atoms with Gasteiger partial charge in [0.15, 0.2) is 0 Å². The zero-order valence-electron chi connectivity index (χ0n) is 10.2. The molecule has 5 nitrogen and oxygen atoms in total. The fraction of sp³-hybridized carbons (Fsp3) is 0.583. The molecule has 0 saturated heterocycles. The van der Waals surface area contributed by atoms with E-state index in [1.807, 2.05) is 6.92 Å². The molecular formula is C12H19NO4. The Balaban J connectivity index is 2.32. The van der Waals surface area contributed by atoms with Crippen molar-refractivity contribution in [3.8, 4) is 0 Å². The van der Waals surface area contributed by atoms with Gasteiger partial charge in [-0.15, -0.1) is 0 Å². The van der Waals surface area contributed by atoms with Crippen molar-refractivity contribution in [2.75, 3.05) is 19.8 Å². The first-order valence-electron chi connectivity index (χ1n) is 5.67. The second-order valence-electron chi connectivity index (χ2n) is 4.08. The molecule has 5 heteroatoms. The Morgan fingerprint density at radius 1 is 1.65 bits per heavy atom. The molecule has 1 rings (SSSR count).